The van der Waals surface area contributed by atoms with Gasteiger partial charge in [0.2, 0.25) is 5.91 Å². The third-order valence-electron chi connectivity index (χ3n) is 2.73. The van der Waals surface area contributed by atoms with Gasteiger partial charge in [-0.1, -0.05) is 12.1 Å². The highest BCUT2D eigenvalue weighted by Crippen LogP contribution is 2.15. The highest BCUT2D eigenvalue weighted by atomic mass is 19.3. The standard InChI is InChI=1S/C13H14F2N4O2/c1-8(12-16-7-17-19-12)18-11(20)6-9-2-4-10(5-3-9)21-13(14)15/h2-5,7-8,13H,6H2,1H3,(H,18,20)(H,16,17,19). The van der Waals surface area contributed by atoms with Gasteiger partial charge in [-0.25, -0.2) is 4.98 Å². The molecule has 2 rings (SSSR count). The molecule has 1 aromatic heterocycles. The fourth-order valence-corrected chi connectivity index (χ4v) is 1.76. The minimum absolute atomic E-state index is 0.0594. The van der Waals surface area contributed by atoms with Crippen LogP contribution < -0.4 is 10.1 Å². The first-order chi connectivity index (χ1) is 10.0. The maximum atomic E-state index is 12.0. The fraction of sp³-hybridized carbons (Fsp3) is 0.308. The molecule has 2 N–H and O–H groups in total. The molecule has 1 atom stereocenters. The van der Waals surface area contributed by atoms with Crippen molar-refractivity contribution >= 4 is 5.91 Å². The summed E-state index contributed by atoms with van der Waals surface area (Å²) in [4.78, 5) is 15.8. The van der Waals surface area contributed by atoms with Crippen molar-refractivity contribution in [1.82, 2.24) is 20.5 Å². The van der Waals surface area contributed by atoms with Crippen molar-refractivity contribution in [2.75, 3.05) is 0 Å². The topological polar surface area (TPSA) is 79.9 Å². The van der Waals surface area contributed by atoms with Gasteiger partial charge in [-0.3, -0.25) is 9.89 Å². The maximum Gasteiger partial charge on any atom is 0.387 e. The van der Waals surface area contributed by atoms with Crippen LogP contribution in [-0.4, -0.2) is 27.7 Å². The minimum atomic E-state index is -2.86. The first-order valence-corrected chi connectivity index (χ1v) is 6.23. The predicted octanol–water partition coefficient (Wildman–Crippen LogP) is 1.83. The molecule has 0 fully saturated rings. The highest BCUT2D eigenvalue weighted by molar-refractivity contribution is 5.78. The molecule has 6 nitrogen and oxygen atoms in total. The molecule has 0 radical (unpaired) electrons. The zero-order valence-electron chi connectivity index (χ0n) is 11.2. The molecule has 112 valence electrons. The molecule has 21 heavy (non-hydrogen) atoms. The molecule has 0 aliphatic carbocycles. The Morgan fingerprint density at radius 1 is 1.38 bits per heavy atom. The quantitative estimate of drug-likeness (QED) is 0.852. The zero-order valence-corrected chi connectivity index (χ0v) is 11.2. The van der Waals surface area contributed by atoms with Crippen LogP contribution in [0.25, 0.3) is 0 Å². The molecule has 0 aliphatic rings. The molecule has 2 aromatic rings. The van der Waals surface area contributed by atoms with E-state index in [2.05, 4.69) is 25.2 Å². The lowest BCUT2D eigenvalue weighted by Crippen LogP contribution is -2.28. The summed E-state index contributed by atoms with van der Waals surface area (Å²) in [6.07, 6.45) is 1.49. The van der Waals surface area contributed by atoms with Crippen molar-refractivity contribution < 1.29 is 18.3 Å². The second kappa shape index (κ2) is 6.78. The number of hydrogen-bond donors (Lipinski definition) is 2. The number of aromatic nitrogens is 3. The molecule has 0 saturated carbocycles. The van der Waals surface area contributed by atoms with E-state index in [9.17, 15) is 13.6 Å². The zero-order chi connectivity index (χ0) is 15.2. The largest absolute Gasteiger partial charge is 0.435 e. The maximum absolute atomic E-state index is 12.0. The van der Waals surface area contributed by atoms with Crippen LogP contribution in [0.3, 0.4) is 0 Å². The number of rotatable bonds is 6. The first-order valence-electron chi connectivity index (χ1n) is 6.23. The number of halogens is 2. The van der Waals surface area contributed by atoms with Gasteiger partial charge in [-0.2, -0.15) is 13.9 Å². The van der Waals surface area contributed by atoms with E-state index in [4.69, 9.17) is 0 Å². The van der Waals surface area contributed by atoms with Gasteiger partial charge in [0.25, 0.3) is 0 Å². The Morgan fingerprint density at radius 3 is 2.67 bits per heavy atom. The molecule has 1 aromatic carbocycles. The average Bonchev–Trinajstić information content (AvgIpc) is 2.94. The molecule has 0 aliphatic heterocycles. The monoisotopic (exact) mass is 296 g/mol. The van der Waals surface area contributed by atoms with Crippen molar-refractivity contribution in [3.05, 3.63) is 42.0 Å². The number of nitrogens with zero attached hydrogens (tertiary/aromatic N) is 2. The van der Waals surface area contributed by atoms with E-state index in [0.29, 0.717) is 11.4 Å². The molecule has 1 unspecified atom stereocenters. The Hall–Kier alpha value is -2.51. The van der Waals surface area contributed by atoms with Crippen molar-refractivity contribution in [1.29, 1.82) is 0 Å². The van der Waals surface area contributed by atoms with Crippen molar-refractivity contribution in [2.24, 2.45) is 0 Å². The van der Waals surface area contributed by atoms with Gasteiger partial charge in [-0.05, 0) is 24.6 Å². The molecular weight excluding hydrogens is 282 g/mol. The molecule has 0 bridgehead atoms. The van der Waals surface area contributed by atoms with Crippen molar-refractivity contribution in [2.45, 2.75) is 26.0 Å². The van der Waals surface area contributed by atoms with Crippen molar-refractivity contribution in [3.8, 4) is 5.75 Å². The van der Waals surface area contributed by atoms with E-state index in [0.717, 1.165) is 0 Å². The fourth-order valence-electron chi connectivity index (χ4n) is 1.76. The number of nitrogens with one attached hydrogen (secondary N) is 2. The lowest BCUT2D eigenvalue weighted by Gasteiger charge is -2.11. The summed E-state index contributed by atoms with van der Waals surface area (Å²) < 4.78 is 28.3. The van der Waals surface area contributed by atoms with Crippen molar-refractivity contribution in [3.63, 3.8) is 0 Å². The van der Waals surface area contributed by atoms with Crippen LogP contribution in [0.15, 0.2) is 30.6 Å². The van der Waals surface area contributed by atoms with Gasteiger partial charge < -0.3 is 10.1 Å². The minimum Gasteiger partial charge on any atom is -0.435 e. The predicted molar refractivity (Wildman–Crippen MR) is 69.7 cm³/mol. The molecular formula is C13H14F2N4O2. The summed E-state index contributed by atoms with van der Waals surface area (Å²) >= 11 is 0. The van der Waals surface area contributed by atoms with Crippen LogP contribution in [0.5, 0.6) is 5.75 Å². The number of alkyl halides is 2. The van der Waals surface area contributed by atoms with Gasteiger partial charge in [0, 0.05) is 0 Å². The summed E-state index contributed by atoms with van der Waals surface area (Å²) in [6, 6.07) is 5.64. The number of hydrogen-bond acceptors (Lipinski definition) is 4. The Bertz CT molecular complexity index is 572. The van der Waals surface area contributed by atoms with Gasteiger partial charge >= 0.3 is 6.61 Å². The number of benzene rings is 1. The number of amides is 1. The van der Waals surface area contributed by atoms with Crippen LogP contribution >= 0.6 is 0 Å². The third kappa shape index (κ3) is 4.51. The Labute approximate surface area is 119 Å². The smallest absolute Gasteiger partial charge is 0.387 e. The number of carbonyl (C=O) groups is 1. The lowest BCUT2D eigenvalue weighted by molar-refractivity contribution is -0.121. The second-order valence-electron chi connectivity index (χ2n) is 4.36. The van der Waals surface area contributed by atoms with Gasteiger partial charge in [0.1, 0.15) is 17.9 Å². The Morgan fingerprint density at radius 2 is 2.10 bits per heavy atom. The normalized spacial score (nSPS) is 12.2. The van der Waals surface area contributed by atoms with Gasteiger partial charge in [0.15, 0.2) is 0 Å². The van der Waals surface area contributed by atoms with E-state index in [1.165, 1.54) is 18.5 Å². The molecule has 8 heteroatoms. The number of carbonyl (C=O) groups excluding carboxylic acids is 1. The molecule has 1 heterocycles. The van der Waals surface area contributed by atoms with Crippen LogP contribution in [0.2, 0.25) is 0 Å². The van der Waals surface area contributed by atoms with E-state index >= 15 is 0 Å². The highest BCUT2D eigenvalue weighted by Gasteiger charge is 2.12. The van der Waals surface area contributed by atoms with Gasteiger partial charge in [-0.15, -0.1) is 0 Å². The van der Waals surface area contributed by atoms with Gasteiger partial charge in [0.05, 0.1) is 12.5 Å². The number of H-pyrrole nitrogens is 1. The van der Waals surface area contributed by atoms with Crippen LogP contribution in [-0.2, 0) is 11.2 Å². The summed E-state index contributed by atoms with van der Waals surface area (Å²) in [5.74, 6) is 0.412. The molecule has 0 saturated heterocycles. The SMILES string of the molecule is CC(NC(=O)Cc1ccc(OC(F)F)cc1)c1ncn[nH]1. The lowest BCUT2D eigenvalue weighted by atomic mass is 10.1. The van der Waals surface area contributed by atoms with Crippen LogP contribution in [0, 0.1) is 0 Å². The van der Waals surface area contributed by atoms with E-state index in [1.807, 2.05) is 0 Å². The third-order valence-corrected chi connectivity index (χ3v) is 2.73. The Balaban J connectivity index is 1.87. The molecule has 0 spiro atoms. The van der Waals surface area contributed by atoms with E-state index in [-0.39, 0.29) is 24.1 Å². The summed E-state index contributed by atoms with van der Waals surface area (Å²) in [7, 11) is 0. The van der Waals surface area contributed by atoms with E-state index < -0.39 is 6.61 Å². The Kier molecular flexibility index (Phi) is 4.81. The molecule has 1 amide bonds. The number of ether oxygens (including phenoxy) is 1. The average molecular weight is 296 g/mol. The van der Waals surface area contributed by atoms with Crippen LogP contribution in [0.1, 0.15) is 24.4 Å². The van der Waals surface area contributed by atoms with Crippen LogP contribution in [0.4, 0.5) is 8.78 Å². The second-order valence-corrected chi connectivity index (χ2v) is 4.36. The number of aromatic amines is 1. The summed E-state index contributed by atoms with van der Waals surface area (Å²) in [5.41, 5.74) is 0.693. The van der Waals surface area contributed by atoms with E-state index in [1.54, 1.807) is 19.1 Å². The summed E-state index contributed by atoms with van der Waals surface area (Å²) in [6.45, 7) is -1.08. The summed E-state index contributed by atoms with van der Waals surface area (Å²) in [5, 5.41) is 9.13. The first kappa shape index (κ1) is 14.9.